The number of piperazine rings is 1. The zero-order valence-electron chi connectivity index (χ0n) is 23.2. The second kappa shape index (κ2) is 11.8. The highest BCUT2D eigenvalue weighted by Gasteiger charge is 2.42. The summed E-state index contributed by atoms with van der Waals surface area (Å²) < 4.78 is 19.1. The van der Waals surface area contributed by atoms with Crippen LogP contribution in [-0.2, 0) is 16.0 Å². The van der Waals surface area contributed by atoms with Crippen LogP contribution in [0.15, 0.2) is 70.3 Å². The largest absolute Gasteiger partial charge is 0.466 e. The van der Waals surface area contributed by atoms with Crippen LogP contribution in [0.1, 0.15) is 29.1 Å². The quantitative estimate of drug-likeness (QED) is 0.393. The number of thiazole rings is 1. The Hall–Kier alpha value is -3.80. The molecule has 3 aliphatic rings. The summed E-state index contributed by atoms with van der Waals surface area (Å²) in [5, 5.41) is 6.00. The highest BCUT2D eigenvalue weighted by Crippen LogP contribution is 2.37. The summed E-state index contributed by atoms with van der Waals surface area (Å²) in [4.78, 5) is 41.8. The van der Waals surface area contributed by atoms with Gasteiger partial charge in [0.1, 0.15) is 11.9 Å². The van der Waals surface area contributed by atoms with Gasteiger partial charge in [-0.15, -0.1) is 11.3 Å². The molecule has 2 aromatic carbocycles. The maximum atomic E-state index is 13.9. The van der Waals surface area contributed by atoms with Gasteiger partial charge >= 0.3 is 12.0 Å². The van der Waals surface area contributed by atoms with Crippen LogP contribution in [0.5, 0.6) is 0 Å². The molecule has 3 aromatic rings. The number of fused-ring (bicyclic) bond motifs is 1. The van der Waals surface area contributed by atoms with E-state index < -0.39 is 17.8 Å². The van der Waals surface area contributed by atoms with Crippen molar-refractivity contribution in [2.75, 3.05) is 44.7 Å². The lowest BCUT2D eigenvalue weighted by Gasteiger charge is -2.38. The summed E-state index contributed by atoms with van der Waals surface area (Å²) in [6.45, 7) is 4.88. The van der Waals surface area contributed by atoms with Gasteiger partial charge in [-0.05, 0) is 36.2 Å². The molecular formula is C30H30ClFN6O3S. The van der Waals surface area contributed by atoms with Gasteiger partial charge in [0.2, 0.25) is 0 Å². The number of amidine groups is 1. The number of benzene rings is 2. The number of esters is 1. The molecule has 6 rings (SSSR count). The lowest BCUT2D eigenvalue weighted by Crippen LogP contribution is -2.53. The second-order valence-corrected chi connectivity index (χ2v) is 11.7. The van der Waals surface area contributed by atoms with E-state index >= 15 is 0 Å². The molecular weight excluding hydrogens is 579 g/mol. The van der Waals surface area contributed by atoms with E-state index in [0.29, 0.717) is 60.4 Å². The third-order valence-corrected chi connectivity index (χ3v) is 8.98. The molecule has 0 bridgehead atoms. The highest BCUT2D eigenvalue weighted by molar-refractivity contribution is 7.11. The van der Waals surface area contributed by atoms with Crippen molar-refractivity contribution < 1.29 is 18.7 Å². The van der Waals surface area contributed by atoms with Crippen LogP contribution in [0.4, 0.5) is 14.9 Å². The van der Waals surface area contributed by atoms with Crippen LogP contribution < -0.4 is 10.2 Å². The average Bonchev–Trinajstić information content (AvgIpc) is 3.65. The number of nitrogens with one attached hydrogen (secondary N) is 1. The second-order valence-electron chi connectivity index (χ2n) is 10.4. The lowest BCUT2D eigenvalue weighted by atomic mass is 9.95. The average molecular weight is 609 g/mol. The molecule has 4 heterocycles. The van der Waals surface area contributed by atoms with Crippen LogP contribution in [-0.4, -0.2) is 78.5 Å². The number of ether oxygens (including phenoxy) is 1. The number of hydrogen-bond acceptors (Lipinski definition) is 8. The minimum atomic E-state index is -0.823. The van der Waals surface area contributed by atoms with Crippen molar-refractivity contribution in [2.24, 2.45) is 4.99 Å². The first kappa shape index (κ1) is 28.3. The summed E-state index contributed by atoms with van der Waals surface area (Å²) in [6.07, 6.45) is 2.58. The summed E-state index contributed by atoms with van der Waals surface area (Å²) in [7, 11) is 1.32. The van der Waals surface area contributed by atoms with Crippen molar-refractivity contribution in [3.63, 3.8) is 0 Å². The van der Waals surface area contributed by atoms with Gasteiger partial charge in [0.05, 0.1) is 18.7 Å². The van der Waals surface area contributed by atoms with Crippen LogP contribution in [0, 0.1) is 5.82 Å². The van der Waals surface area contributed by atoms with Gasteiger partial charge in [0.15, 0.2) is 10.8 Å². The molecule has 0 spiro atoms. The monoisotopic (exact) mass is 608 g/mol. The van der Waals surface area contributed by atoms with Gasteiger partial charge in [-0.1, -0.05) is 36.7 Å². The van der Waals surface area contributed by atoms with Gasteiger partial charge in [-0.2, -0.15) is 0 Å². The molecule has 2 saturated heterocycles. The number of aromatic nitrogens is 1. The lowest BCUT2D eigenvalue weighted by molar-refractivity contribution is -0.136. The molecule has 0 saturated carbocycles. The number of rotatable bonds is 7. The number of hydrogen-bond donors (Lipinski definition) is 1. The number of aryl methyl sites for hydroxylation is 1. The standard InChI is InChI=1S/C30H30ClFN6O3S/c1-3-18-5-4-6-20(13-18)38-16-21-15-36(10-11-37(21)30(38)40)17-24-25(29(39)41-2)26(22-8-7-19(32)14-23(22)31)35-27(34-24)28-33-9-12-42-28/h4-9,12-14,21,26H,3,10-11,15-17H2,1-2H3,(H,34,35)/t21-,26-/m0/s1. The van der Waals surface area contributed by atoms with Crippen molar-refractivity contribution in [1.29, 1.82) is 0 Å². The molecule has 2 atom stereocenters. The molecule has 12 heteroatoms. The van der Waals surface area contributed by atoms with Crippen molar-refractivity contribution in [1.82, 2.24) is 20.1 Å². The van der Waals surface area contributed by atoms with E-state index in [2.05, 4.69) is 34.3 Å². The summed E-state index contributed by atoms with van der Waals surface area (Å²) in [6, 6.07) is 11.4. The Morgan fingerprint density at radius 2 is 2.07 bits per heavy atom. The number of halogens is 2. The molecule has 0 unspecified atom stereocenters. The number of aliphatic imine (C=N–C) groups is 1. The molecule has 9 nitrogen and oxygen atoms in total. The van der Waals surface area contributed by atoms with Crippen molar-refractivity contribution in [2.45, 2.75) is 25.4 Å². The van der Waals surface area contributed by atoms with E-state index in [9.17, 15) is 14.0 Å². The highest BCUT2D eigenvalue weighted by atomic mass is 35.5. The minimum Gasteiger partial charge on any atom is -0.466 e. The molecule has 3 aliphatic heterocycles. The summed E-state index contributed by atoms with van der Waals surface area (Å²) in [5.74, 6) is -0.540. The molecule has 1 N–H and O–H groups in total. The maximum Gasteiger partial charge on any atom is 0.338 e. The van der Waals surface area contributed by atoms with Crippen molar-refractivity contribution >= 4 is 46.5 Å². The van der Waals surface area contributed by atoms with Gasteiger partial charge in [0.25, 0.3) is 0 Å². The molecule has 218 valence electrons. The molecule has 2 fully saturated rings. The number of carbonyl (C=O) groups excluding carboxylic acids is 2. The summed E-state index contributed by atoms with van der Waals surface area (Å²) >= 11 is 7.89. The predicted molar refractivity (Wildman–Crippen MR) is 160 cm³/mol. The summed E-state index contributed by atoms with van der Waals surface area (Å²) in [5.41, 5.74) is 3.49. The molecule has 0 radical (unpaired) electrons. The number of anilines is 1. The van der Waals surface area contributed by atoms with E-state index in [1.165, 1.54) is 36.1 Å². The molecule has 42 heavy (non-hydrogen) atoms. The topological polar surface area (TPSA) is 90.4 Å². The van der Waals surface area contributed by atoms with Crippen molar-refractivity contribution in [3.8, 4) is 0 Å². The predicted octanol–water partition coefficient (Wildman–Crippen LogP) is 4.64. The van der Waals surface area contributed by atoms with Gasteiger partial charge in [-0.3, -0.25) is 14.8 Å². The first-order valence-electron chi connectivity index (χ1n) is 13.8. The van der Waals surface area contributed by atoms with E-state index in [1.54, 1.807) is 12.3 Å². The van der Waals surface area contributed by atoms with E-state index in [0.717, 1.165) is 12.1 Å². The Labute approximate surface area is 252 Å². The van der Waals surface area contributed by atoms with Gasteiger partial charge in [-0.25, -0.2) is 19.0 Å². The third-order valence-electron chi connectivity index (χ3n) is 7.87. The zero-order chi connectivity index (χ0) is 29.4. The third kappa shape index (κ3) is 5.39. The Morgan fingerprint density at radius 3 is 2.81 bits per heavy atom. The number of methoxy groups -OCH3 is 1. The number of amides is 2. The fourth-order valence-electron chi connectivity index (χ4n) is 5.77. The van der Waals surface area contributed by atoms with Gasteiger partial charge in [0, 0.05) is 66.3 Å². The van der Waals surface area contributed by atoms with Crippen LogP contribution in [0.25, 0.3) is 0 Å². The Balaban J connectivity index is 1.30. The Kier molecular flexibility index (Phi) is 7.98. The first-order valence-corrected chi connectivity index (χ1v) is 15.0. The number of carbonyl (C=O) groups is 2. The van der Waals surface area contributed by atoms with Crippen molar-refractivity contribution in [3.05, 3.63) is 92.3 Å². The fraction of sp³-hybridized carbons (Fsp3) is 0.333. The van der Waals surface area contributed by atoms with E-state index in [1.807, 2.05) is 27.3 Å². The molecule has 0 aliphatic carbocycles. The van der Waals surface area contributed by atoms with Gasteiger partial charge < -0.3 is 15.0 Å². The number of urea groups is 1. The first-order chi connectivity index (χ1) is 20.4. The van der Waals surface area contributed by atoms with E-state index in [4.69, 9.17) is 21.3 Å². The normalized spacial score (nSPS) is 20.9. The van der Waals surface area contributed by atoms with Crippen LogP contribution >= 0.6 is 22.9 Å². The Morgan fingerprint density at radius 1 is 1.21 bits per heavy atom. The molecule has 2 amide bonds. The zero-order valence-corrected chi connectivity index (χ0v) is 24.8. The fourth-order valence-corrected chi connectivity index (χ4v) is 6.63. The minimum absolute atomic E-state index is 0.00302. The SMILES string of the molecule is CCc1cccc(N2C[C@@H]3CN(CC4=C(C(=O)OC)[C@H](c5ccc(F)cc5Cl)N=C(c5nccs5)N4)CCN3C2=O)c1. The number of nitrogens with zero attached hydrogens (tertiary/aromatic N) is 5. The molecule has 1 aromatic heterocycles. The smallest absolute Gasteiger partial charge is 0.338 e. The maximum absolute atomic E-state index is 13.9. The van der Waals surface area contributed by atoms with E-state index in [-0.39, 0.29) is 17.1 Å². The Bertz CT molecular complexity index is 1580. The van der Waals surface area contributed by atoms with Crippen LogP contribution in [0.2, 0.25) is 5.02 Å². The van der Waals surface area contributed by atoms with Crippen LogP contribution in [0.3, 0.4) is 0 Å².